The van der Waals surface area contributed by atoms with E-state index in [-0.39, 0.29) is 24.0 Å². The molecule has 0 atom stereocenters. The maximum absolute atomic E-state index is 13.4. The average molecular weight is 645 g/mol. The van der Waals surface area contributed by atoms with Crippen LogP contribution < -0.4 is 15.4 Å². The van der Waals surface area contributed by atoms with Gasteiger partial charge in [-0.3, -0.25) is 14.4 Å². The number of nitrogens with zero attached hydrogens (tertiary/aromatic N) is 2. The number of likely N-dealkylation sites (N-methyl/N-ethyl adjacent to an activating group) is 1. The minimum absolute atomic E-state index is 0.0857. The summed E-state index contributed by atoms with van der Waals surface area (Å²) in [5, 5.41) is 5.70. The fourth-order valence-electron chi connectivity index (χ4n) is 5.30. The van der Waals surface area contributed by atoms with E-state index in [1.54, 1.807) is 48.5 Å². The molecule has 250 valence electrons. The number of nitrogens with one attached hydrogen (secondary N) is 2. The van der Waals surface area contributed by atoms with E-state index in [1.807, 2.05) is 24.0 Å². The number of hydrogen-bond donors (Lipinski definition) is 2. The highest BCUT2D eigenvalue weighted by Crippen LogP contribution is 2.27. The van der Waals surface area contributed by atoms with Gasteiger partial charge in [-0.15, -0.1) is 0 Å². The molecule has 1 fully saturated rings. The number of ether oxygens (including phenoxy) is 3. The summed E-state index contributed by atoms with van der Waals surface area (Å²) >= 11 is 0. The number of piperazine rings is 1. The molecule has 47 heavy (non-hydrogen) atoms. The van der Waals surface area contributed by atoms with E-state index in [4.69, 9.17) is 14.2 Å². The fourth-order valence-corrected chi connectivity index (χ4v) is 5.30. The lowest BCUT2D eigenvalue weighted by Crippen LogP contribution is -2.47. The standard InChI is InChI=1S/C36H44N4O7/c1-25-13-16-31(32(22-25)47-21-9-5-6-12-33(41)40-19-17-39(2)18-20-40)38-34(42)26-14-15-28(27(23-26)24-45-3)35(43)37-30-11-8-7-10-29(30)36(44)46-4/h7-8,10-11,13-16,22-23H,5-6,9,12,17-21,24H2,1-4H3,(H,37,43)(H,38,42). The van der Waals surface area contributed by atoms with Crippen molar-refractivity contribution in [2.45, 2.75) is 39.2 Å². The third-order valence-electron chi connectivity index (χ3n) is 8.03. The van der Waals surface area contributed by atoms with E-state index in [0.29, 0.717) is 46.8 Å². The molecule has 0 aromatic heterocycles. The summed E-state index contributed by atoms with van der Waals surface area (Å²) in [5.41, 5.74) is 3.18. The Balaban J connectivity index is 1.35. The topological polar surface area (TPSA) is 127 Å². The zero-order valence-electron chi connectivity index (χ0n) is 27.6. The summed E-state index contributed by atoms with van der Waals surface area (Å²) in [6.07, 6.45) is 3.00. The summed E-state index contributed by atoms with van der Waals surface area (Å²) in [7, 11) is 4.85. The number of amides is 3. The highest BCUT2D eigenvalue weighted by Gasteiger charge is 2.20. The zero-order valence-corrected chi connectivity index (χ0v) is 27.6. The number of carbonyl (C=O) groups is 4. The Hall–Kier alpha value is -4.74. The third-order valence-corrected chi connectivity index (χ3v) is 8.03. The lowest BCUT2D eigenvalue weighted by atomic mass is 10.0. The van der Waals surface area contributed by atoms with Gasteiger partial charge in [0.15, 0.2) is 0 Å². The molecule has 4 rings (SSSR count). The first kappa shape index (κ1) is 35.1. The molecule has 0 unspecified atom stereocenters. The number of unbranched alkanes of at least 4 members (excludes halogenated alkanes) is 2. The monoisotopic (exact) mass is 644 g/mol. The van der Waals surface area contributed by atoms with Crippen LogP contribution in [0, 0.1) is 6.92 Å². The number of methoxy groups -OCH3 is 2. The van der Waals surface area contributed by atoms with Crippen LogP contribution in [0.5, 0.6) is 5.75 Å². The molecule has 11 heteroatoms. The normalized spacial score (nSPS) is 13.1. The molecule has 0 spiro atoms. The highest BCUT2D eigenvalue weighted by molar-refractivity contribution is 6.10. The van der Waals surface area contributed by atoms with Crippen LogP contribution in [0.2, 0.25) is 0 Å². The largest absolute Gasteiger partial charge is 0.491 e. The lowest BCUT2D eigenvalue weighted by molar-refractivity contribution is -0.132. The second-order valence-electron chi connectivity index (χ2n) is 11.6. The zero-order chi connectivity index (χ0) is 33.8. The van der Waals surface area contributed by atoms with Crippen LogP contribution in [0.3, 0.4) is 0 Å². The van der Waals surface area contributed by atoms with Crippen molar-refractivity contribution in [1.82, 2.24) is 9.80 Å². The number of aryl methyl sites for hydroxylation is 1. The van der Waals surface area contributed by atoms with Crippen LogP contribution >= 0.6 is 0 Å². The smallest absolute Gasteiger partial charge is 0.339 e. The molecule has 3 aromatic rings. The lowest BCUT2D eigenvalue weighted by Gasteiger charge is -2.32. The van der Waals surface area contributed by atoms with E-state index in [1.165, 1.54) is 14.2 Å². The number of hydrogen-bond acceptors (Lipinski definition) is 8. The van der Waals surface area contributed by atoms with Gasteiger partial charge in [0.1, 0.15) is 5.75 Å². The Labute approximate surface area is 276 Å². The third kappa shape index (κ3) is 9.87. The Kier molecular flexibility index (Phi) is 12.9. The molecule has 0 saturated carbocycles. The molecule has 0 bridgehead atoms. The molecule has 0 radical (unpaired) electrons. The first-order chi connectivity index (χ1) is 22.7. The van der Waals surface area contributed by atoms with Crippen LogP contribution in [0.15, 0.2) is 60.7 Å². The Bertz CT molecular complexity index is 1570. The highest BCUT2D eigenvalue weighted by atomic mass is 16.5. The van der Waals surface area contributed by atoms with Crippen molar-refractivity contribution in [3.05, 3.63) is 88.5 Å². The molecule has 1 saturated heterocycles. The van der Waals surface area contributed by atoms with Crippen molar-refractivity contribution in [3.8, 4) is 5.75 Å². The minimum Gasteiger partial charge on any atom is -0.491 e. The van der Waals surface area contributed by atoms with E-state index in [9.17, 15) is 19.2 Å². The van der Waals surface area contributed by atoms with E-state index >= 15 is 0 Å². The van der Waals surface area contributed by atoms with Gasteiger partial charge in [0.25, 0.3) is 11.8 Å². The summed E-state index contributed by atoms with van der Waals surface area (Å²) < 4.78 is 16.2. The molecule has 1 aliphatic rings. The minimum atomic E-state index is -0.572. The molecular weight excluding hydrogens is 600 g/mol. The summed E-state index contributed by atoms with van der Waals surface area (Å²) in [4.78, 5) is 55.4. The van der Waals surface area contributed by atoms with E-state index < -0.39 is 11.9 Å². The molecule has 1 aliphatic heterocycles. The number of rotatable bonds is 14. The molecule has 3 amide bonds. The molecule has 2 N–H and O–H groups in total. The molecule has 0 aliphatic carbocycles. The van der Waals surface area contributed by atoms with Gasteiger partial charge in [-0.1, -0.05) is 18.2 Å². The summed E-state index contributed by atoms with van der Waals surface area (Å²) in [6.45, 7) is 5.91. The molecule has 3 aromatic carbocycles. The SMILES string of the molecule is COCc1cc(C(=O)Nc2ccc(C)cc2OCCCCCC(=O)N2CCN(C)CC2)ccc1C(=O)Nc1ccccc1C(=O)OC. The Morgan fingerprint density at radius 2 is 1.53 bits per heavy atom. The maximum Gasteiger partial charge on any atom is 0.339 e. The van der Waals surface area contributed by atoms with Crippen molar-refractivity contribution in [3.63, 3.8) is 0 Å². The first-order valence-electron chi connectivity index (χ1n) is 15.8. The second kappa shape index (κ2) is 17.3. The summed E-state index contributed by atoms with van der Waals surface area (Å²) in [6, 6.07) is 16.8. The fraction of sp³-hybridized carbons (Fsp3) is 0.389. The number of anilines is 2. The van der Waals surface area contributed by atoms with Gasteiger partial charge < -0.3 is 34.6 Å². The van der Waals surface area contributed by atoms with Crippen molar-refractivity contribution in [1.29, 1.82) is 0 Å². The van der Waals surface area contributed by atoms with Crippen LogP contribution in [-0.4, -0.2) is 87.5 Å². The number of para-hydroxylation sites is 1. The molecular formula is C36H44N4O7. The molecule has 11 nitrogen and oxygen atoms in total. The second-order valence-corrected chi connectivity index (χ2v) is 11.6. The van der Waals surface area contributed by atoms with Crippen molar-refractivity contribution < 1.29 is 33.4 Å². The van der Waals surface area contributed by atoms with Crippen molar-refractivity contribution in [2.75, 3.05) is 64.7 Å². The van der Waals surface area contributed by atoms with Crippen LogP contribution in [0.1, 0.15) is 67.9 Å². The van der Waals surface area contributed by atoms with Gasteiger partial charge in [-0.2, -0.15) is 0 Å². The van der Waals surface area contributed by atoms with Gasteiger partial charge in [0, 0.05) is 50.8 Å². The number of carbonyl (C=O) groups excluding carboxylic acids is 4. The average Bonchev–Trinajstić information content (AvgIpc) is 3.07. The Morgan fingerprint density at radius 3 is 2.28 bits per heavy atom. The molecule has 1 heterocycles. The van der Waals surface area contributed by atoms with Crippen LogP contribution in [0.25, 0.3) is 0 Å². The van der Waals surface area contributed by atoms with Gasteiger partial charge in [0.05, 0.1) is 37.3 Å². The van der Waals surface area contributed by atoms with Gasteiger partial charge >= 0.3 is 5.97 Å². The van der Waals surface area contributed by atoms with E-state index in [2.05, 4.69) is 22.6 Å². The van der Waals surface area contributed by atoms with Gasteiger partial charge in [0.2, 0.25) is 5.91 Å². The first-order valence-corrected chi connectivity index (χ1v) is 15.8. The predicted molar refractivity (Wildman–Crippen MR) is 180 cm³/mol. The van der Waals surface area contributed by atoms with Crippen LogP contribution in [0.4, 0.5) is 11.4 Å². The van der Waals surface area contributed by atoms with Crippen molar-refractivity contribution >= 4 is 35.1 Å². The van der Waals surface area contributed by atoms with Crippen molar-refractivity contribution in [2.24, 2.45) is 0 Å². The maximum atomic E-state index is 13.4. The van der Waals surface area contributed by atoms with Gasteiger partial charge in [-0.05, 0) is 86.8 Å². The predicted octanol–water partition coefficient (Wildman–Crippen LogP) is 5.15. The number of esters is 1. The summed E-state index contributed by atoms with van der Waals surface area (Å²) in [5.74, 6) is -0.629. The number of benzene rings is 3. The van der Waals surface area contributed by atoms with E-state index in [0.717, 1.165) is 51.0 Å². The van der Waals surface area contributed by atoms with Crippen LogP contribution in [-0.2, 0) is 20.9 Å². The van der Waals surface area contributed by atoms with Gasteiger partial charge in [-0.25, -0.2) is 4.79 Å². The quantitative estimate of drug-likeness (QED) is 0.182. The Morgan fingerprint density at radius 1 is 0.787 bits per heavy atom.